The van der Waals surface area contributed by atoms with Gasteiger partial charge < -0.3 is 29.3 Å². The van der Waals surface area contributed by atoms with Crippen LogP contribution in [0.15, 0.2) is 115 Å². The van der Waals surface area contributed by atoms with Gasteiger partial charge in [-0.1, -0.05) is 85.8 Å². The highest BCUT2D eigenvalue weighted by Gasteiger charge is 2.41. The van der Waals surface area contributed by atoms with E-state index in [1.165, 1.54) is 48.5 Å². The molecule has 2 N–H and O–H groups in total. The van der Waals surface area contributed by atoms with Crippen molar-refractivity contribution >= 4 is 29.7 Å². The van der Waals surface area contributed by atoms with Crippen molar-refractivity contribution in [2.45, 2.75) is 25.7 Å². The van der Waals surface area contributed by atoms with E-state index in [4.69, 9.17) is 14.2 Å². The first-order chi connectivity index (χ1) is 23.0. The fourth-order valence-corrected chi connectivity index (χ4v) is 4.39. The number of aliphatic carboxylic acids is 2. The van der Waals surface area contributed by atoms with Gasteiger partial charge in [-0.3, -0.25) is 4.79 Å². The highest BCUT2D eigenvalue weighted by Crippen LogP contribution is 2.18. The SMILES string of the molecule is C[C@H](CN(C)C)C(=O)c1cccc(OCc2ccccc2)c1.O=C(O[C@@H](C(=O)O)[C@@H](OC(=O)c1ccccc1)C(=O)O)c1ccccc1. The Bertz CT molecular complexity index is 1590. The van der Waals surface area contributed by atoms with E-state index in [2.05, 4.69) is 0 Å². The summed E-state index contributed by atoms with van der Waals surface area (Å²) in [5, 5.41) is 18.5. The lowest BCUT2D eigenvalue weighted by molar-refractivity contribution is -0.166. The molecule has 0 radical (unpaired) electrons. The molecule has 0 saturated carbocycles. The highest BCUT2D eigenvalue weighted by molar-refractivity contribution is 5.98. The first kappa shape index (κ1) is 36.7. The lowest BCUT2D eigenvalue weighted by atomic mass is 9.99. The minimum absolute atomic E-state index is 0.0253. The fourth-order valence-electron chi connectivity index (χ4n) is 4.39. The van der Waals surface area contributed by atoms with Gasteiger partial charge in [-0.05, 0) is 56.1 Å². The van der Waals surface area contributed by atoms with Crippen molar-refractivity contribution in [3.63, 3.8) is 0 Å². The normalized spacial score (nSPS) is 12.3. The number of carbonyl (C=O) groups excluding carboxylic acids is 3. The zero-order valence-corrected chi connectivity index (χ0v) is 26.7. The lowest BCUT2D eigenvalue weighted by Gasteiger charge is -2.21. The smallest absolute Gasteiger partial charge is 0.349 e. The van der Waals surface area contributed by atoms with Crippen molar-refractivity contribution in [1.82, 2.24) is 4.90 Å². The molecule has 0 aromatic heterocycles. The van der Waals surface area contributed by atoms with Gasteiger partial charge in [-0.25, -0.2) is 19.2 Å². The van der Waals surface area contributed by atoms with Crippen LogP contribution in [0.1, 0.15) is 43.6 Å². The summed E-state index contributed by atoms with van der Waals surface area (Å²) in [6.45, 7) is 3.21. The van der Waals surface area contributed by atoms with E-state index < -0.39 is 36.1 Å². The Balaban J connectivity index is 0.000000264. The summed E-state index contributed by atoms with van der Waals surface area (Å²) in [4.78, 5) is 61.3. The third-order valence-electron chi connectivity index (χ3n) is 6.70. The van der Waals surface area contributed by atoms with Crippen LogP contribution in [0, 0.1) is 5.92 Å². The molecule has 4 rings (SSSR count). The van der Waals surface area contributed by atoms with Gasteiger partial charge in [0.15, 0.2) is 5.78 Å². The average molecular weight is 656 g/mol. The number of carboxylic acids is 2. The summed E-state index contributed by atoms with van der Waals surface area (Å²) in [7, 11) is 3.95. The molecular weight excluding hydrogens is 618 g/mol. The van der Waals surface area contributed by atoms with Crippen molar-refractivity contribution in [3.8, 4) is 5.75 Å². The van der Waals surface area contributed by atoms with E-state index in [1.54, 1.807) is 12.1 Å². The van der Waals surface area contributed by atoms with Gasteiger partial charge in [0, 0.05) is 18.0 Å². The second-order valence-corrected chi connectivity index (χ2v) is 10.9. The van der Waals surface area contributed by atoms with Crippen LogP contribution in [0.2, 0.25) is 0 Å². The first-order valence-electron chi connectivity index (χ1n) is 14.9. The lowest BCUT2D eigenvalue weighted by Crippen LogP contribution is -2.45. The number of esters is 2. The van der Waals surface area contributed by atoms with Gasteiger partial charge in [0.1, 0.15) is 12.4 Å². The molecule has 0 aliphatic heterocycles. The standard InChI is InChI=1S/C19H23NO2.C18H14O8/c1-15(13-20(2)3)19(21)17-10-7-11-18(12-17)22-14-16-8-5-4-6-9-16;19-15(20)13(25-17(23)11-7-3-1-4-8-11)14(16(21)22)26-18(24)12-9-5-2-6-10-12/h4-12,15H,13-14H2,1-3H3;1-10,13-14H,(H,19,20)(H,21,22)/t15-;13-,14-/m11/s1. The molecule has 250 valence electrons. The number of ketones is 1. The maximum absolute atomic E-state index is 12.4. The number of ether oxygens (including phenoxy) is 3. The summed E-state index contributed by atoms with van der Waals surface area (Å²) >= 11 is 0. The molecule has 48 heavy (non-hydrogen) atoms. The number of hydrogen-bond acceptors (Lipinski definition) is 9. The van der Waals surface area contributed by atoms with E-state index in [9.17, 15) is 34.2 Å². The quantitative estimate of drug-likeness (QED) is 0.135. The number of carbonyl (C=O) groups is 5. The monoisotopic (exact) mass is 655 g/mol. The Morgan fingerprint density at radius 1 is 0.625 bits per heavy atom. The van der Waals surface area contributed by atoms with Crippen molar-refractivity contribution in [3.05, 3.63) is 138 Å². The molecule has 0 aliphatic rings. The van der Waals surface area contributed by atoms with Crippen molar-refractivity contribution in [1.29, 1.82) is 0 Å². The van der Waals surface area contributed by atoms with E-state index in [-0.39, 0.29) is 22.8 Å². The van der Waals surface area contributed by atoms with Crippen molar-refractivity contribution < 1.29 is 48.4 Å². The summed E-state index contributed by atoms with van der Waals surface area (Å²) in [5.74, 6) is -4.78. The van der Waals surface area contributed by atoms with Crippen LogP contribution < -0.4 is 4.74 Å². The molecule has 0 amide bonds. The molecular formula is C37H37NO10. The van der Waals surface area contributed by atoms with E-state index in [0.29, 0.717) is 12.2 Å². The van der Waals surface area contributed by atoms with Gasteiger partial charge in [-0.2, -0.15) is 0 Å². The minimum atomic E-state index is -2.21. The van der Waals surface area contributed by atoms with Crippen molar-refractivity contribution in [2.24, 2.45) is 5.92 Å². The summed E-state index contributed by atoms with van der Waals surface area (Å²) < 4.78 is 15.3. The molecule has 0 unspecified atom stereocenters. The van der Waals surface area contributed by atoms with Gasteiger partial charge in [-0.15, -0.1) is 0 Å². The highest BCUT2D eigenvalue weighted by atomic mass is 16.6. The molecule has 0 fully saturated rings. The molecule has 0 spiro atoms. The fraction of sp³-hybridized carbons (Fsp3) is 0.216. The molecule has 0 aliphatic carbocycles. The summed E-state index contributed by atoms with van der Waals surface area (Å²) in [6, 6.07) is 32.3. The third kappa shape index (κ3) is 11.5. The number of Topliss-reactive ketones (excluding diaryl/α,β-unsaturated/α-hetero) is 1. The van der Waals surface area contributed by atoms with Gasteiger partial charge in [0.2, 0.25) is 12.2 Å². The predicted molar refractivity (Wildman–Crippen MR) is 176 cm³/mol. The maximum atomic E-state index is 12.4. The van der Waals surface area contributed by atoms with E-state index >= 15 is 0 Å². The van der Waals surface area contributed by atoms with Crippen LogP contribution >= 0.6 is 0 Å². The third-order valence-corrected chi connectivity index (χ3v) is 6.70. The Labute approximate surface area is 278 Å². The van der Waals surface area contributed by atoms with Crippen molar-refractivity contribution in [2.75, 3.05) is 20.6 Å². The summed E-state index contributed by atoms with van der Waals surface area (Å²) in [6.07, 6.45) is -4.43. The molecule has 3 atom stereocenters. The molecule has 11 nitrogen and oxygen atoms in total. The Morgan fingerprint density at radius 2 is 1.06 bits per heavy atom. The average Bonchev–Trinajstić information content (AvgIpc) is 3.09. The number of benzene rings is 4. The second kappa shape index (κ2) is 18.4. The molecule has 0 bridgehead atoms. The zero-order chi connectivity index (χ0) is 35.1. The zero-order valence-electron chi connectivity index (χ0n) is 26.7. The Morgan fingerprint density at radius 3 is 1.50 bits per heavy atom. The molecule has 0 heterocycles. The van der Waals surface area contributed by atoms with Crippen LogP contribution in [0.25, 0.3) is 0 Å². The number of rotatable bonds is 14. The Kier molecular flexibility index (Phi) is 14.0. The van der Waals surface area contributed by atoms with Gasteiger partial charge in [0.05, 0.1) is 11.1 Å². The molecule has 4 aromatic rings. The van der Waals surface area contributed by atoms with Crippen LogP contribution in [-0.4, -0.2) is 77.6 Å². The minimum Gasteiger partial charge on any atom is -0.489 e. The topological polar surface area (TPSA) is 157 Å². The summed E-state index contributed by atoms with van der Waals surface area (Å²) in [5.41, 5.74) is 1.87. The van der Waals surface area contributed by atoms with E-state index in [1.807, 2.05) is 80.5 Å². The van der Waals surface area contributed by atoms with Crippen LogP contribution in [0.4, 0.5) is 0 Å². The van der Waals surface area contributed by atoms with E-state index in [0.717, 1.165) is 17.9 Å². The van der Waals surface area contributed by atoms with Gasteiger partial charge in [0.25, 0.3) is 0 Å². The number of hydrogen-bond donors (Lipinski definition) is 2. The predicted octanol–water partition coefficient (Wildman–Crippen LogP) is 5.25. The van der Waals surface area contributed by atoms with Gasteiger partial charge >= 0.3 is 23.9 Å². The second-order valence-electron chi connectivity index (χ2n) is 10.9. The van der Waals surface area contributed by atoms with Crippen LogP contribution in [-0.2, 0) is 25.7 Å². The molecule has 0 saturated heterocycles. The molecule has 4 aromatic carbocycles. The first-order valence-corrected chi connectivity index (χ1v) is 14.9. The number of nitrogens with zero attached hydrogens (tertiary/aromatic N) is 1. The maximum Gasteiger partial charge on any atom is 0.349 e. The Hall–Kier alpha value is -5.81. The molecule has 11 heteroatoms. The van der Waals surface area contributed by atoms with Crippen LogP contribution in [0.5, 0.6) is 5.75 Å². The largest absolute Gasteiger partial charge is 0.489 e. The number of carboxylic acid groups (broad SMARTS) is 2. The van der Waals surface area contributed by atoms with Crippen LogP contribution in [0.3, 0.4) is 0 Å².